The third-order valence-electron chi connectivity index (χ3n) is 6.35. The third-order valence-corrected chi connectivity index (χ3v) is 6.35. The predicted molar refractivity (Wildman–Crippen MR) is 101 cm³/mol. The fourth-order valence-corrected chi connectivity index (χ4v) is 4.80. The van der Waals surface area contributed by atoms with Crippen molar-refractivity contribution in [2.45, 2.75) is 37.5 Å². The summed E-state index contributed by atoms with van der Waals surface area (Å²) in [6, 6.07) is 9.55. The van der Waals surface area contributed by atoms with Crippen LogP contribution in [-0.4, -0.2) is 34.8 Å². The number of benzene rings is 1. The highest BCUT2D eigenvalue weighted by Crippen LogP contribution is 2.44. The van der Waals surface area contributed by atoms with Crippen LogP contribution in [0.2, 0.25) is 0 Å². The number of aromatic amines is 1. The lowest BCUT2D eigenvalue weighted by molar-refractivity contribution is -0.122. The zero-order chi connectivity index (χ0) is 18.6. The fraction of sp³-hybridized carbons (Fsp3) is 0.381. The molecule has 138 valence electrons. The molecule has 0 radical (unpaired) electrons. The SMILES string of the molecule is O=C(c1cc2c([nH]c1=O)CCC2)N1CCC2(CC1)C(=O)Nc1ccccc12. The summed E-state index contributed by atoms with van der Waals surface area (Å²) in [6.45, 7) is 0.939. The van der Waals surface area contributed by atoms with Crippen molar-refractivity contribution in [1.29, 1.82) is 0 Å². The molecule has 0 atom stereocenters. The van der Waals surface area contributed by atoms with Gasteiger partial charge in [0.25, 0.3) is 11.5 Å². The van der Waals surface area contributed by atoms with Crippen molar-refractivity contribution >= 4 is 17.5 Å². The Morgan fingerprint density at radius 1 is 1.07 bits per heavy atom. The molecule has 1 fully saturated rings. The molecule has 2 amide bonds. The van der Waals surface area contributed by atoms with E-state index in [9.17, 15) is 14.4 Å². The number of hydrogen-bond acceptors (Lipinski definition) is 3. The summed E-state index contributed by atoms with van der Waals surface area (Å²) >= 11 is 0. The molecule has 1 spiro atoms. The normalized spacial score (nSPS) is 19.7. The number of H-pyrrole nitrogens is 1. The van der Waals surface area contributed by atoms with Gasteiger partial charge in [-0.2, -0.15) is 0 Å². The minimum absolute atomic E-state index is 0.0196. The van der Waals surface area contributed by atoms with Crippen LogP contribution in [0.1, 0.15) is 46.4 Å². The van der Waals surface area contributed by atoms with Crippen molar-refractivity contribution in [3.8, 4) is 0 Å². The zero-order valence-electron chi connectivity index (χ0n) is 15.0. The number of pyridine rings is 1. The second kappa shape index (κ2) is 5.81. The van der Waals surface area contributed by atoms with E-state index in [2.05, 4.69) is 10.3 Å². The lowest BCUT2D eigenvalue weighted by atomic mass is 9.73. The maximum atomic E-state index is 13.0. The summed E-state index contributed by atoms with van der Waals surface area (Å²) in [5.74, 6) is -0.210. The Bertz CT molecular complexity index is 1020. The molecule has 1 aromatic heterocycles. The van der Waals surface area contributed by atoms with Crippen molar-refractivity contribution in [2.75, 3.05) is 18.4 Å². The molecule has 27 heavy (non-hydrogen) atoms. The molecular weight excluding hydrogens is 342 g/mol. The summed E-state index contributed by atoms with van der Waals surface area (Å²) in [4.78, 5) is 42.6. The molecule has 6 nitrogen and oxygen atoms in total. The number of carbonyl (C=O) groups excluding carboxylic acids is 2. The van der Waals surface area contributed by atoms with E-state index in [0.29, 0.717) is 25.9 Å². The second-order valence-corrected chi connectivity index (χ2v) is 7.74. The van der Waals surface area contributed by atoms with Crippen molar-refractivity contribution in [3.63, 3.8) is 0 Å². The van der Waals surface area contributed by atoms with E-state index >= 15 is 0 Å². The van der Waals surface area contributed by atoms with Gasteiger partial charge in [0.05, 0.1) is 5.41 Å². The number of piperidine rings is 1. The van der Waals surface area contributed by atoms with Crippen LogP contribution in [0.4, 0.5) is 5.69 Å². The number of aryl methyl sites for hydroxylation is 2. The number of likely N-dealkylation sites (tertiary alicyclic amines) is 1. The van der Waals surface area contributed by atoms with Gasteiger partial charge in [0.15, 0.2) is 0 Å². The van der Waals surface area contributed by atoms with Gasteiger partial charge in [-0.3, -0.25) is 14.4 Å². The molecule has 0 bridgehead atoms. The molecule has 2 aliphatic heterocycles. The third kappa shape index (κ3) is 2.36. The van der Waals surface area contributed by atoms with Crippen LogP contribution in [0.3, 0.4) is 0 Å². The fourth-order valence-electron chi connectivity index (χ4n) is 4.80. The number of carbonyl (C=O) groups is 2. The highest BCUT2D eigenvalue weighted by molar-refractivity contribution is 6.06. The molecule has 2 N–H and O–H groups in total. The quantitative estimate of drug-likeness (QED) is 0.813. The first-order valence-corrected chi connectivity index (χ1v) is 9.54. The van der Waals surface area contributed by atoms with E-state index in [-0.39, 0.29) is 22.9 Å². The lowest BCUT2D eigenvalue weighted by Gasteiger charge is -2.38. The monoisotopic (exact) mass is 363 g/mol. The number of para-hydroxylation sites is 1. The molecule has 1 saturated heterocycles. The van der Waals surface area contributed by atoms with Crippen molar-refractivity contribution in [1.82, 2.24) is 9.88 Å². The van der Waals surface area contributed by atoms with Crippen LogP contribution in [0.15, 0.2) is 35.1 Å². The van der Waals surface area contributed by atoms with E-state index in [0.717, 1.165) is 41.8 Å². The van der Waals surface area contributed by atoms with Gasteiger partial charge in [-0.15, -0.1) is 0 Å². The molecule has 1 aromatic carbocycles. The maximum Gasteiger partial charge on any atom is 0.261 e. The van der Waals surface area contributed by atoms with Crippen molar-refractivity contribution < 1.29 is 9.59 Å². The predicted octanol–water partition coefficient (Wildman–Crippen LogP) is 1.99. The van der Waals surface area contributed by atoms with Gasteiger partial charge >= 0.3 is 0 Å². The van der Waals surface area contributed by atoms with E-state index < -0.39 is 5.41 Å². The number of amides is 2. The smallest absolute Gasteiger partial charge is 0.261 e. The number of nitrogens with zero attached hydrogens (tertiary/aromatic N) is 1. The van der Waals surface area contributed by atoms with Crippen molar-refractivity contribution in [2.24, 2.45) is 0 Å². The maximum absolute atomic E-state index is 13.0. The van der Waals surface area contributed by atoms with Gasteiger partial charge in [0, 0.05) is 24.5 Å². The minimum Gasteiger partial charge on any atom is -0.338 e. The number of aromatic nitrogens is 1. The summed E-state index contributed by atoms with van der Waals surface area (Å²) in [6.07, 6.45) is 3.95. The van der Waals surface area contributed by atoms with Gasteiger partial charge in [-0.05, 0) is 55.4 Å². The van der Waals surface area contributed by atoms with E-state index in [1.165, 1.54) is 0 Å². The van der Waals surface area contributed by atoms with Crippen LogP contribution >= 0.6 is 0 Å². The minimum atomic E-state index is -0.558. The van der Waals surface area contributed by atoms with Gasteiger partial charge in [0.1, 0.15) is 5.56 Å². The van der Waals surface area contributed by atoms with Crippen LogP contribution in [0.5, 0.6) is 0 Å². The molecule has 3 heterocycles. The van der Waals surface area contributed by atoms with Gasteiger partial charge in [0.2, 0.25) is 5.91 Å². The molecule has 6 heteroatoms. The van der Waals surface area contributed by atoms with Gasteiger partial charge < -0.3 is 15.2 Å². The molecule has 1 aliphatic carbocycles. The molecule has 3 aliphatic rings. The Balaban J connectivity index is 1.39. The standard InChI is InChI=1S/C21H21N3O3/c25-18-14(12-13-4-3-7-16(13)22-18)19(26)24-10-8-21(9-11-24)15-5-1-2-6-17(15)23-20(21)27/h1-2,5-6,12H,3-4,7-11H2,(H,22,25)(H,23,27). The molecule has 0 saturated carbocycles. The van der Waals surface area contributed by atoms with E-state index in [1.54, 1.807) is 11.0 Å². The largest absolute Gasteiger partial charge is 0.338 e. The van der Waals surface area contributed by atoms with Crippen LogP contribution in [-0.2, 0) is 23.1 Å². The lowest BCUT2D eigenvalue weighted by Crippen LogP contribution is -2.49. The molecule has 2 aromatic rings. The summed E-state index contributed by atoms with van der Waals surface area (Å²) < 4.78 is 0. The van der Waals surface area contributed by atoms with Crippen molar-refractivity contribution in [3.05, 3.63) is 63.1 Å². The summed E-state index contributed by atoms with van der Waals surface area (Å²) in [5, 5.41) is 2.97. The highest BCUT2D eigenvalue weighted by Gasteiger charge is 2.48. The Morgan fingerprint density at radius 3 is 2.67 bits per heavy atom. The topological polar surface area (TPSA) is 82.3 Å². The Labute approximate surface area is 156 Å². The Kier molecular flexibility index (Phi) is 3.50. The number of anilines is 1. The van der Waals surface area contributed by atoms with Crippen LogP contribution in [0.25, 0.3) is 0 Å². The molecular formula is C21H21N3O3. The number of nitrogens with one attached hydrogen (secondary N) is 2. The number of hydrogen-bond donors (Lipinski definition) is 2. The van der Waals surface area contributed by atoms with E-state index in [1.807, 2.05) is 24.3 Å². The highest BCUT2D eigenvalue weighted by atomic mass is 16.2. The number of fused-ring (bicyclic) bond motifs is 3. The summed E-state index contributed by atoms with van der Waals surface area (Å²) in [7, 11) is 0. The molecule has 5 rings (SSSR count). The first-order valence-electron chi connectivity index (χ1n) is 9.54. The van der Waals surface area contributed by atoms with E-state index in [4.69, 9.17) is 0 Å². The molecule has 0 unspecified atom stereocenters. The Morgan fingerprint density at radius 2 is 1.85 bits per heavy atom. The first-order chi connectivity index (χ1) is 13.1. The average Bonchev–Trinajstić information content (AvgIpc) is 3.24. The van der Waals surface area contributed by atoms with Crippen LogP contribution < -0.4 is 10.9 Å². The second-order valence-electron chi connectivity index (χ2n) is 7.74. The van der Waals surface area contributed by atoms with Gasteiger partial charge in [-0.1, -0.05) is 18.2 Å². The van der Waals surface area contributed by atoms with Gasteiger partial charge in [-0.25, -0.2) is 0 Å². The Hall–Kier alpha value is -2.89. The summed E-state index contributed by atoms with van der Waals surface area (Å²) in [5.41, 5.74) is 3.31. The van der Waals surface area contributed by atoms with Crippen LogP contribution in [0, 0.1) is 0 Å². The first kappa shape index (κ1) is 16.3. The average molecular weight is 363 g/mol. The number of rotatable bonds is 1. The zero-order valence-corrected chi connectivity index (χ0v) is 15.0.